The van der Waals surface area contributed by atoms with Crippen LogP contribution in [0.25, 0.3) is 0 Å². The molecule has 28 heavy (non-hydrogen) atoms. The molecule has 3 heterocycles. The SMILES string of the molecule is Cc1cccnc1C(=O)N1CCCC[C@H]1c1ncc(Cc2ccccc2Cl)o1. The summed E-state index contributed by atoms with van der Waals surface area (Å²) >= 11 is 6.26. The Hall–Kier alpha value is -2.66. The van der Waals surface area contributed by atoms with E-state index in [9.17, 15) is 4.79 Å². The maximum Gasteiger partial charge on any atom is 0.273 e. The van der Waals surface area contributed by atoms with Crippen molar-refractivity contribution in [1.82, 2.24) is 14.9 Å². The molecule has 1 amide bonds. The summed E-state index contributed by atoms with van der Waals surface area (Å²) in [6, 6.07) is 11.3. The lowest BCUT2D eigenvalue weighted by molar-refractivity contribution is 0.0563. The van der Waals surface area contributed by atoms with E-state index in [1.54, 1.807) is 12.4 Å². The Labute approximate surface area is 169 Å². The molecule has 1 saturated heterocycles. The summed E-state index contributed by atoms with van der Waals surface area (Å²) in [6.07, 6.45) is 6.82. The number of hydrogen-bond donors (Lipinski definition) is 0. The number of piperidine rings is 1. The van der Waals surface area contributed by atoms with Crippen molar-refractivity contribution in [1.29, 1.82) is 0 Å². The van der Waals surface area contributed by atoms with Crippen LogP contribution in [-0.4, -0.2) is 27.3 Å². The molecular formula is C22H22ClN3O2. The standard InChI is InChI=1S/C22H22ClN3O2/c1-15-7-6-11-24-20(15)22(27)26-12-5-4-10-19(26)21-25-14-17(28-21)13-16-8-2-3-9-18(16)23/h2-3,6-9,11,14,19H,4-5,10,12-13H2,1H3/t19-/m0/s1. The van der Waals surface area contributed by atoms with Crippen LogP contribution in [0.2, 0.25) is 5.02 Å². The first kappa shape index (κ1) is 18.7. The minimum absolute atomic E-state index is 0.0614. The number of carbonyl (C=O) groups is 1. The Morgan fingerprint density at radius 2 is 2.07 bits per heavy atom. The molecule has 144 valence electrons. The summed E-state index contributed by atoms with van der Waals surface area (Å²) in [6.45, 7) is 2.59. The fraction of sp³-hybridized carbons (Fsp3) is 0.318. The van der Waals surface area contributed by atoms with E-state index in [2.05, 4.69) is 9.97 Å². The Bertz CT molecular complexity index is 985. The van der Waals surface area contributed by atoms with Crippen molar-refractivity contribution < 1.29 is 9.21 Å². The molecule has 1 aromatic carbocycles. The van der Waals surface area contributed by atoms with Crippen molar-refractivity contribution in [3.63, 3.8) is 0 Å². The predicted octanol–water partition coefficient (Wildman–Crippen LogP) is 4.99. The third kappa shape index (κ3) is 3.80. The van der Waals surface area contributed by atoms with Gasteiger partial charge >= 0.3 is 0 Å². The van der Waals surface area contributed by atoms with Gasteiger partial charge in [-0.3, -0.25) is 9.78 Å². The van der Waals surface area contributed by atoms with Gasteiger partial charge in [-0.2, -0.15) is 0 Å². The van der Waals surface area contributed by atoms with E-state index in [0.29, 0.717) is 29.6 Å². The number of oxazole rings is 1. The highest BCUT2D eigenvalue weighted by Crippen LogP contribution is 2.32. The molecule has 0 bridgehead atoms. The number of pyridine rings is 1. The molecule has 6 heteroatoms. The van der Waals surface area contributed by atoms with Crippen LogP contribution in [-0.2, 0) is 6.42 Å². The molecule has 0 N–H and O–H groups in total. The number of likely N-dealkylation sites (tertiary alicyclic amines) is 1. The number of aryl methyl sites for hydroxylation is 1. The molecule has 0 saturated carbocycles. The van der Waals surface area contributed by atoms with Gasteiger partial charge < -0.3 is 9.32 Å². The number of nitrogens with zero attached hydrogens (tertiary/aromatic N) is 3. The zero-order chi connectivity index (χ0) is 19.5. The molecule has 0 radical (unpaired) electrons. The minimum Gasteiger partial charge on any atom is -0.443 e. The Balaban J connectivity index is 1.57. The lowest BCUT2D eigenvalue weighted by atomic mass is 10.0. The van der Waals surface area contributed by atoms with Crippen molar-refractivity contribution >= 4 is 17.5 Å². The minimum atomic E-state index is -0.164. The number of aromatic nitrogens is 2. The smallest absolute Gasteiger partial charge is 0.273 e. The van der Waals surface area contributed by atoms with Crippen molar-refractivity contribution in [3.05, 3.63) is 82.3 Å². The van der Waals surface area contributed by atoms with E-state index in [1.807, 2.05) is 48.2 Å². The third-order valence-corrected chi connectivity index (χ3v) is 5.52. The van der Waals surface area contributed by atoms with Gasteiger partial charge in [-0.15, -0.1) is 0 Å². The quantitative estimate of drug-likeness (QED) is 0.624. The second-order valence-electron chi connectivity index (χ2n) is 7.11. The first-order valence-corrected chi connectivity index (χ1v) is 9.92. The highest BCUT2D eigenvalue weighted by molar-refractivity contribution is 6.31. The van der Waals surface area contributed by atoms with Crippen LogP contribution in [0.15, 0.2) is 53.2 Å². The maximum atomic E-state index is 13.1. The Morgan fingerprint density at radius 3 is 2.89 bits per heavy atom. The Kier molecular flexibility index (Phi) is 5.44. The fourth-order valence-corrected chi connectivity index (χ4v) is 3.87. The molecule has 5 nitrogen and oxygen atoms in total. The van der Waals surface area contributed by atoms with Gasteiger partial charge in [0, 0.05) is 24.2 Å². The van der Waals surface area contributed by atoms with Crippen LogP contribution in [0.3, 0.4) is 0 Å². The molecule has 0 unspecified atom stereocenters. The summed E-state index contributed by atoms with van der Waals surface area (Å²) in [5.41, 5.74) is 2.37. The largest absolute Gasteiger partial charge is 0.443 e. The van der Waals surface area contributed by atoms with Gasteiger partial charge in [0.15, 0.2) is 0 Å². The molecule has 1 aliphatic rings. The summed E-state index contributed by atoms with van der Waals surface area (Å²) in [4.78, 5) is 23.8. The highest BCUT2D eigenvalue weighted by atomic mass is 35.5. The molecule has 0 aliphatic carbocycles. The number of carbonyl (C=O) groups excluding carboxylic acids is 1. The fourth-order valence-electron chi connectivity index (χ4n) is 3.66. The van der Waals surface area contributed by atoms with E-state index in [0.717, 1.165) is 36.1 Å². The lowest BCUT2D eigenvalue weighted by Crippen LogP contribution is -2.39. The van der Waals surface area contributed by atoms with Gasteiger partial charge in [0.1, 0.15) is 17.5 Å². The van der Waals surface area contributed by atoms with Crippen LogP contribution in [0.5, 0.6) is 0 Å². The molecule has 1 aliphatic heterocycles. The first-order chi connectivity index (χ1) is 13.6. The number of amides is 1. The van der Waals surface area contributed by atoms with E-state index in [4.69, 9.17) is 16.0 Å². The lowest BCUT2D eigenvalue weighted by Gasteiger charge is -2.33. The van der Waals surface area contributed by atoms with E-state index in [1.165, 1.54) is 0 Å². The average Bonchev–Trinajstić information content (AvgIpc) is 3.18. The summed E-state index contributed by atoms with van der Waals surface area (Å²) in [7, 11) is 0. The monoisotopic (exact) mass is 395 g/mol. The number of halogens is 1. The van der Waals surface area contributed by atoms with Crippen LogP contribution in [0.4, 0.5) is 0 Å². The summed E-state index contributed by atoms with van der Waals surface area (Å²) < 4.78 is 6.04. The van der Waals surface area contributed by atoms with Crippen molar-refractivity contribution in [3.8, 4) is 0 Å². The second-order valence-corrected chi connectivity index (χ2v) is 7.52. The number of rotatable bonds is 4. The van der Waals surface area contributed by atoms with E-state index in [-0.39, 0.29) is 11.9 Å². The second kappa shape index (κ2) is 8.15. The van der Waals surface area contributed by atoms with E-state index < -0.39 is 0 Å². The van der Waals surface area contributed by atoms with E-state index >= 15 is 0 Å². The molecule has 3 aromatic rings. The molecule has 1 atom stereocenters. The summed E-state index contributed by atoms with van der Waals surface area (Å²) in [5, 5.41) is 0.709. The number of benzene rings is 1. The molecule has 1 fully saturated rings. The first-order valence-electron chi connectivity index (χ1n) is 9.54. The molecule has 4 rings (SSSR count). The van der Waals surface area contributed by atoms with Crippen LogP contribution in [0, 0.1) is 6.92 Å². The van der Waals surface area contributed by atoms with Crippen LogP contribution < -0.4 is 0 Å². The van der Waals surface area contributed by atoms with Crippen LogP contribution in [0.1, 0.15) is 58.6 Å². The van der Waals surface area contributed by atoms with Gasteiger partial charge in [0.25, 0.3) is 5.91 Å². The van der Waals surface area contributed by atoms with Crippen molar-refractivity contribution in [2.45, 2.75) is 38.6 Å². The van der Waals surface area contributed by atoms with Gasteiger partial charge in [0.2, 0.25) is 5.89 Å². The molecular weight excluding hydrogens is 374 g/mol. The average molecular weight is 396 g/mol. The normalized spacial score (nSPS) is 16.9. The Morgan fingerprint density at radius 1 is 1.21 bits per heavy atom. The van der Waals surface area contributed by atoms with Gasteiger partial charge in [-0.25, -0.2) is 4.98 Å². The maximum absolute atomic E-state index is 13.1. The van der Waals surface area contributed by atoms with Crippen molar-refractivity contribution in [2.24, 2.45) is 0 Å². The topological polar surface area (TPSA) is 59.2 Å². The van der Waals surface area contributed by atoms with Gasteiger partial charge in [-0.05, 0) is 49.4 Å². The molecule has 2 aromatic heterocycles. The number of hydrogen-bond acceptors (Lipinski definition) is 4. The van der Waals surface area contributed by atoms with Crippen molar-refractivity contribution in [2.75, 3.05) is 6.54 Å². The third-order valence-electron chi connectivity index (χ3n) is 5.15. The zero-order valence-electron chi connectivity index (χ0n) is 15.8. The van der Waals surface area contributed by atoms with Crippen LogP contribution >= 0.6 is 11.6 Å². The van der Waals surface area contributed by atoms with Gasteiger partial charge in [-0.1, -0.05) is 35.9 Å². The zero-order valence-corrected chi connectivity index (χ0v) is 16.5. The summed E-state index contributed by atoms with van der Waals surface area (Å²) in [5.74, 6) is 1.27. The highest BCUT2D eigenvalue weighted by Gasteiger charge is 2.33. The van der Waals surface area contributed by atoms with Gasteiger partial charge in [0.05, 0.1) is 6.20 Å². The molecule has 0 spiro atoms. The predicted molar refractivity (Wildman–Crippen MR) is 107 cm³/mol.